The minimum Gasteiger partial charge on any atom is -0.372 e. The molecule has 0 radical (unpaired) electrons. The molecular weight excluding hydrogens is 545 g/mol. The topological polar surface area (TPSA) is 97.5 Å². The van der Waals surface area contributed by atoms with E-state index in [9.17, 15) is 9.59 Å². The highest BCUT2D eigenvalue weighted by molar-refractivity contribution is 6.05. The summed E-state index contributed by atoms with van der Waals surface area (Å²) < 4.78 is 15.0. The van der Waals surface area contributed by atoms with Crippen LogP contribution in [0.15, 0.2) is 54.9 Å². The Morgan fingerprint density at radius 1 is 1.00 bits per heavy atom. The number of H-pyrrole nitrogens is 1. The molecule has 0 atom stereocenters. The van der Waals surface area contributed by atoms with Crippen molar-refractivity contribution in [3.63, 3.8) is 0 Å². The molecule has 0 spiro atoms. The van der Waals surface area contributed by atoms with Crippen molar-refractivity contribution in [3.05, 3.63) is 77.5 Å². The monoisotopic (exact) mass is 581 g/mol. The maximum atomic E-state index is 15.0. The number of urea groups is 1. The minimum atomic E-state index is -0.473. The van der Waals surface area contributed by atoms with E-state index in [1.54, 1.807) is 23.9 Å². The molecule has 0 bridgehead atoms. The van der Waals surface area contributed by atoms with Crippen molar-refractivity contribution in [1.82, 2.24) is 24.8 Å². The Balaban J connectivity index is 1.25. The average Bonchev–Trinajstić information content (AvgIpc) is 3.47. The van der Waals surface area contributed by atoms with Gasteiger partial charge in [-0.05, 0) is 86.2 Å². The summed E-state index contributed by atoms with van der Waals surface area (Å²) in [6.45, 7) is 5.05. The van der Waals surface area contributed by atoms with E-state index in [-0.39, 0.29) is 11.9 Å². The maximum absolute atomic E-state index is 15.0. The van der Waals surface area contributed by atoms with Crippen LogP contribution in [-0.4, -0.2) is 77.0 Å². The zero-order valence-corrected chi connectivity index (χ0v) is 24.8. The van der Waals surface area contributed by atoms with Crippen molar-refractivity contribution >= 4 is 39.9 Å². The van der Waals surface area contributed by atoms with Gasteiger partial charge in [0.15, 0.2) is 0 Å². The molecule has 2 aromatic carbocycles. The van der Waals surface area contributed by atoms with Gasteiger partial charge in [-0.2, -0.15) is 0 Å². The number of aromatic nitrogens is 3. The lowest BCUT2D eigenvalue weighted by atomic mass is 10.00. The molecule has 0 unspecified atom stereocenters. The predicted octanol–water partition coefficient (Wildman–Crippen LogP) is 6.09. The van der Waals surface area contributed by atoms with E-state index in [1.165, 1.54) is 37.7 Å². The number of carbonyl (C=O) groups is 2. The average molecular weight is 582 g/mol. The van der Waals surface area contributed by atoms with Gasteiger partial charge < -0.3 is 25.0 Å². The number of rotatable bonds is 5. The molecule has 0 aliphatic carbocycles. The van der Waals surface area contributed by atoms with E-state index in [0.29, 0.717) is 53.2 Å². The van der Waals surface area contributed by atoms with E-state index in [4.69, 9.17) is 0 Å². The molecular formula is C33H36FN7O2. The van der Waals surface area contributed by atoms with Crippen molar-refractivity contribution in [1.29, 1.82) is 0 Å². The molecule has 43 heavy (non-hydrogen) atoms. The molecule has 10 heteroatoms. The van der Waals surface area contributed by atoms with Gasteiger partial charge in [-0.3, -0.25) is 4.79 Å². The van der Waals surface area contributed by atoms with Gasteiger partial charge >= 0.3 is 6.03 Å². The fourth-order valence-electron chi connectivity index (χ4n) is 5.92. The van der Waals surface area contributed by atoms with Gasteiger partial charge in [0.1, 0.15) is 17.8 Å². The van der Waals surface area contributed by atoms with Crippen LogP contribution >= 0.6 is 0 Å². The van der Waals surface area contributed by atoms with Gasteiger partial charge in [0.05, 0.1) is 5.69 Å². The van der Waals surface area contributed by atoms with Crippen LogP contribution in [0.2, 0.25) is 0 Å². The summed E-state index contributed by atoms with van der Waals surface area (Å²) in [5, 5.41) is 3.67. The van der Waals surface area contributed by atoms with Crippen molar-refractivity contribution in [2.75, 3.05) is 50.5 Å². The highest BCUT2D eigenvalue weighted by Crippen LogP contribution is 2.35. The van der Waals surface area contributed by atoms with Gasteiger partial charge in [0, 0.05) is 73.9 Å². The molecule has 1 fully saturated rings. The van der Waals surface area contributed by atoms with Crippen LogP contribution in [0, 0.1) is 12.7 Å². The second-order valence-corrected chi connectivity index (χ2v) is 11.4. The first-order chi connectivity index (χ1) is 20.8. The van der Waals surface area contributed by atoms with Crippen LogP contribution in [0.4, 0.5) is 20.6 Å². The van der Waals surface area contributed by atoms with Crippen LogP contribution in [0.5, 0.6) is 0 Å². The Morgan fingerprint density at radius 2 is 1.77 bits per heavy atom. The van der Waals surface area contributed by atoms with Gasteiger partial charge in [0.25, 0.3) is 5.91 Å². The number of piperidine rings is 1. The van der Waals surface area contributed by atoms with Gasteiger partial charge in [-0.15, -0.1) is 0 Å². The number of carbonyl (C=O) groups excluding carboxylic acids is 2. The lowest BCUT2D eigenvalue weighted by Crippen LogP contribution is -2.41. The number of hydrogen-bond donors (Lipinski definition) is 2. The fraction of sp³-hybridized carbons (Fsp3) is 0.333. The summed E-state index contributed by atoms with van der Waals surface area (Å²) in [6, 6.07) is 12.3. The molecule has 2 aliphatic heterocycles. The Bertz CT molecular complexity index is 1700. The summed E-state index contributed by atoms with van der Waals surface area (Å²) in [5.41, 5.74) is 6.49. The number of hydrogen-bond acceptors (Lipinski definition) is 5. The molecule has 2 aromatic heterocycles. The number of nitrogens with zero attached hydrogens (tertiary/aromatic N) is 5. The van der Waals surface area contributed by atoms with Gasteiger partial charge in [-0.1, -0.05) is 6.08 Å². The van der Waals surface area contributed by atoms with Crippen molar-refractivity contribution < 1.29 is 14.0 Å². The Labute approximate surface area is 250 Å². The number of fused-ring (bicyclic) bond motifs is 1. The number of nitrogens with one attached hydrogen (secondary N) is 2. The standard InChI is InChI=1S/C33H36FN7O2/c1-21-26(17-24(34)18-28(21)38-32(42)23-7-9-25(10-8-23)40-13-5-4-6-14-40)30-27-19-29(37-31(27)36-20-35-30)22-11-15-41(16-12-22)33(43)39(2)3/h7-11,17-20H,4-6,12-16H2,1-3H3,(H,38,42)(H,35,36,37). The Hall–Kier alpha value is -4.73. The van der Waals surface area contributed by atoms with E-state index in [1.807, 2.05) is 43.3 Å². The number of halogens is 1. The zero-order valence-electron chi connectivity index (χ0n) is 24.8. The van der Waals surface area contributed by atoms with Crippen LogP contribution in [0.3, 0.4) is 0 Å². The second kappa shape index (κ2) is 11.9. The largest absolute Gasteiger partial charge is 0.372 e. The van der Waals surface area contributed by atoms with E-state index in [2.05, 4.69) is 25.2 Å². The van der Waals surface area contributed by atoms with Crippen LogP contribution in [0.1, 0.15) is 47.3 Å². The summed E-state index contributed by atoms with van der Waals surface area (Å²) in [4.78, 5) is 43.6. The smallest absolute Gasteiger partial charge is 0.319 e. The predicted molar refractivity (Wildman–Crippen MR) is 168 cm³/mol. The van der Waals surface area contributed by atoms with Gasteiger partial charge in [0.2, 0.25) is 0 Å². The SMILES string of the molecule is Cc1c(NC(=O)c2ccc(N3CCCCC3)cc2)cc(F)cc1-c1ncnc2[nH]c(C3=CCN(C(=O)N(C)C)CC3)cc12. The normalized spacial score (nSPS) is 15.4. The van der Waals surface area contributed by atoms with Crippen LogP contribution in [0.25, 0.3) is 27.9 Å². The van der Waals surface area contributed by atoms with Crippen molar-refractivity contribution in [2.45, 2.75) is 32.6 Å². The van der Waals surface area contributed by atoms with Crippen molar-refractivity contribution in [2.24, 2.45) is 0 Å². The highest BCUT2D eigenvalue weighted by Gasteiger charge is 2.22. The Morgan fingerprint density at radius 3 is 2.47 bits per heavy atom. The van der Waals surface area contributed by atoms with Crippen LogP contribution in [-0.2, 0) is 0 Å². The number of amides is 3. The first kappa shape index (κ1) is 28.4. The fourth-order valence-corrected chi connectivity index (χ4v) is 5.92. The quantitative estimate of drug-likeness (QED) is 0.298. The lowest BCUT2D eigenvalue weighted by molar-refractivity contribution is 0.102. The maximum Gasteiger partial charge on any atom is 0.319 e. The third-order valence-electron chi connectivity index (χ3n) is 8.36. The molecule has 1 saturated heterocycles. The third-order valence-corrected chi connectivity index (χ3v) is 8.36. The van der Waals surface area contributed by atoms with Crippen molar-refractivity contribution in [3.8, 4) is 11.3 Å². The summed E-state index contributed by atoms with van der Waals surface area (Å²) in [6.07, 6.45) is 7.82. The first-order valence-corrected chi connectivity index (χ1v) is 14.7. The summed E-state index contributed by atoms with van der Waals surface area (Å²) in [7, 11) is 3.50. The molecule has 6 rings (SSSR count). The second-order valence-electron chi connectivity index (χ2n) is 11.4. The van der Waals surface area contributed by atoms with Crippen LogP contribution < -0.4 is 10.2 Å². The molecule has 4 heterocycles. The number of benzene rings is 2. The minimum absolute atomic E-state index is 0.0148. The number of aromatic amines is 1. The molecule has 9 nitrogen and oxygen atoms in total. The summed E-state index contributed by atoms with van der Waals surface area (Å²) >= 11 is 0. The van der Waals surface area contributed by atoms with E-state index >= 15 is 4.39 Å². The molecule has 0 saturated carbocycles. The number of anilines is 2. The van der Waals surface area contributed by atoms with E-state index < -0.39 is 5.82 Å². The zero-order chi connectivity index (χ0) is 30.1. The lowest BCUT2D eigenvalue weighted by Gasteiger charge is -2.28. The summed E-state index contributed by atoms with van der Waals surface area (Å²) in [5.74, 6) is -0.771. The molecule has 2 aliphatic rings. The van der Waals surface area contributed by atoms with E-state index in [0.717, 1.165) is 35.4 Å². The Kier molecular flexibility index (Phi) is 7.84. The highest BCUT2D eigenvalue weighted by atomic mass is 19.1. The third kappa shape index (κ3) is 5.82. The molecule has 4 aromatic rings. The molecule has 3 amide bonds. The van der Waals surface area contributed by atoms with Gasteiger partial charge in [-0.25, -0.2) is 19.2 Å². The first-order valence-electron chi connectivity index (χ1n) is 14.7. The molecule has 2 N–H and O–H groups in total. The molecule has 222 valence electrons.